The Bertz CT molecular complexity index is 697. The molecule has 0 unspecified atom stereocenters. The van der Waals surface area contributed by atoms with Crippen LogP contribution in [0.25, 0.3) is 11.3 Å². The lowest BCUT2D eigenvalue weighted by molar-refractivity contribution is -0.156. The zero-order valence-corrected chi connectivity index (χ0v) is 14.7. The highest BCUT2D eigenvalue weighted by molar-refractivity contribution is 7.14. The van der Waals surface area contributed by atoms with Gasteiger partial charge in [-0.15, -0.1) is 11.3 Å². The van der Waals surface area contributed by atoms with Crippen molar-refractivity contribution in [2.45, 2.75) is 26.4 Å². The van der Waals surface area contributed by atoms with Crippen molar-refractivity contribution in [3.63, 3.8) is 0 Å². The van der Waals surface area contributed by atoms with Crippen LogP contribution in [0.4, 0.5) is 5.13 Å². The SMILES string of the molecule is CCc1ccc(-c2csc(NC(=O)[C@@H](C)OC(=O)COC)n2)cc1. The number of carbonyl (C=O) groups excluding carboxylic acids is 2. The topological polar surface area (TPSA) is 77.5 Å². The Balaban J connectivity index is 1.97. The predicted molar refractivity (Wildman–Crippen MR) is 93.0 cm³/mol. The largest absolute Gasteiger partial charge is 0.451 e. The fourth-order valence-electron chi connectivity index (χ4n) is 1.98. The van der Waals surface area contributed by atoms with Crippen molar-refractivity contribution in [2.24, 2.45) is 0 Å². The Labute approximate surface area is 144 Å². The summed E-state index contributed by atoms with van der Waals surface area (Å²) in [5.41, 5.74) is 3.04. The molecule has 0 aliphatic heterocycles. The van der Waals surface area contributed by atoms with Gasteiger partial charge in [0.25, 0.3) is 5.91 Å². The summed E-state index contributed by atoms with van der Waals surface area (Å²) in [4.78, 5) is 27.7. The van der Waals surface area contributed by atoms with Gasteiger partial charge in [-0.2, -0.15) is 0 Å². The number of hydrogen-bond donors (Lipinski definition) is 1. The molecule has 0 radical (unpaired) electrons. The van der Waals surface area contributed by atoms with E-state index in [2.05, 4.69) is 34.1 Å². The van der Waals surface area contributed by atoms with E-state index in [0.717, 1.165) is 17.7 Å². The highest BCUT2D eigenvalue weighted by Crippen LogP contribution is 2.25. The molecule has 24 heavy (non-hydrogen) atoms. The second kappa shape index (κ2) is 8.56. The van der Waals surface area contributed by atoms with Crippen molar-refractivity contribution in [1.82, 2.24) is 4.98 Å². The maximum atomic E-state index is 12.0. The normalized spacial score (nSPS) is 11.8. The zero-order chi connectivity index (χ0) is 17.5. The van der Waals surface area contributed by atoms with E-state index in [1.807, 2.05) is 17.5 Å². The minimum absolute atomic E-state index is 0.188. The average molecular weight is 348 g/mol. The molecule has 1 aromatic carbocycles. The standard InChI is InChI=1S/C17H20N2O4S/c1-4-12-5-7-13(8-6-12)14-10-24-17(18-14)19-16(21)11(2)23-15(20)9-22-3/h5-8,10-11H,4,9H2,1-3H3,(H,18,19,21)/t11-/m1/s1. The van der Waals surface area contributed by atoms with Crippen LogP contribution in [0.3, 0.4) is 0 Å². The first-order chi connectivity index (χ1) is 11.5. The van der Waals surface area contributed by atoms with E-state index in [9.17, 15) is 9.59 Å². The molecule has 2 aromatic rings. The van der Waals surface area contributed by atoms with Crippen molar-refractivity contribution in [2.75, 3.05) is 19.0 Å². The fraction of sp³-hybridized carbons (Fsp3) is 0.353. The van der Waals surface area contributed by atoms with E-state index in [1.54, 1.807) is 0 Å². The Hall–Kier alpha value is -2.25. The van der Waals surface area contributed by atoms with Crippen LogP contribution in [0.2, 0.25) is 0 Å². The van der Waals surface area contributed by atoms with Crippen LogP contribution in [-0.2, 0) is 25.5 Å². The monoisotopic (exact) mass is 348 g/mol. The summed E-state index contributed by atoms with van der Waals surface area (Å²) in [6, 6.07) is 8.14. The van der Waals surface area contributed by atoms with E-state index >= 15 is 0 Å². The smallest absolute Gasteiger partial charge is 0.332 e. The third kappa shape index (κ3) is 4.87. The number of aromatic nitrogens is 1. The molecule has 0 saturated heterocycles. The quantitative estimate of drug-likeness (QED) is 0.779. The molecule has 1 aromatic heterocycles. The molecule has 0 saturated carbocycles. The number of ether oxygens (including phenoxy) is 2. The summed E-state index contributed by atoms with van der Waals surface area (Å²) in [6.45, 7) is 3.42. The minimum atomic E-state index is -0.913. The Kier molecular flexibility index (Phi) is 6.45. The summed E-state index contributed by atoms with van der Waals surface area (Å²) in [5.74, 6) is -1.02. The Morgan fingerprint density at radius 3 is 2.62 bits per heavy atom. The summed E-state index contributed by atoms with van der Waals surface area (Å²) < 4.78 is 9.60. The van der Waals surface area contributed by atoms with Crippen molar-refractivity contribution in [1.29, 1.82) is 0 Å². The second-order valence-corrected chi connectivity index (χ2v) is 6.00. The van der Waals surface area contributed by atoms with E-state index in [1.165, 1.54) is 30.9 Å². The first-order valence-electron chi connectivity index (χ1n) is 7.57. The van der Waals surface area contributed by atoms with Crippen LogP contribution >= 0.6 is 11.3 Å². The molecule has 128 valence electrons. The van der Waals surface area contributed by atoms with Gasteiger partial charge in [-0.1, -0.05) is 31.2 Å². The number of hydrogen-bond acceptors (Lipinski definition) is 6. The predicted octanol–water partition coefficient (Wildman–Crippen LogP) is 2.89. The Morgan fingerprint density at radius 1 is 1.29 bits per heavy atom. The van der Waals surface area contributed by atoms with Gasteiger partial charge in [0.15, 0.2) is 11.2 Å². The lowest BCUT2D eigenvalue weighted by Gasteiger charge is -2.11. The number of anilines is 1. The highest BCUT2D eigenvalue weighted by Gasteiger charge is 2.19. The number of nitrogens with zero attached hydrogens (tertiary/aromatic N) is 1. The molecule has 0 bridgehead atoms. The molecule has 1 amide bonds. The minimum Gasteiger partial charge on any atom is -0.451 e. The maximum absolute atomic E-state index is 12.0. The lowest BCUT2D eigenvalue weighted by atomic mass is 10.1. The zero-order valence-electron chi connectivity index (χ0n) is 13.9. The molecule has 1 heterocycles. The number of benzene rings is 1. The van der Waals surface area contributed by atoms with Crippen LogP contribution in [0, 0.1) is 0 Å². The third-order valence-corrected chi connectivity index (χ3v) is 4.09. The first kappa shape index (κ1) is 18.1. The molecule has 1 N–H and O–H groups in total. The van der Waals surface area contributed by atoms with Crippen LogP contribution in [-0.4, -0.2) is 36.7 Å². The van der Waals surface area contributed by atoms with Crippen molar-refractivity contribution < 1.29 is 19.1 Å². The van der Waals surface area contributed by atoms with Crippen LogP contribution < -0.4 is 5.32 Å². The van der Waals surface area contributed by atoms with Crippen molar-refractivity contribution >= 4 is 28.3 Å². The number of amides is 1. The van der Waals surface area contributed by atoms with Gasteiger partial charge in [-0.05, 0) is 18.9 Å². The summed E-state index contributed by atoms with van der Waals surface area (Å²) in [5, 5.41) is 4.99. The third-order valence-electron chi connectivity index (χ3n) is 3.33. The van der Waals surface area contributed by atoms with Crippen LogP contribution in [0.5, 0.6) is 0 Å². The summed E-state index contributed by atoms with van der Waals surface area (Å²) in [6.07, 6.45) is 0.0713. The number of rotatable bonds is 7. The highest BCUT2D eigenvalue weighted by atomic mass is 32.1. The number of nitrogens with one attached hydrogen (secondary N) is 1. The maximum Gasteiger partial charge on any atom is 0.332 e. The van der Waals surface area contributed by atoms with E-state index in [0.29, 0.717) is 5.13 Å². The molecule has 0 aliphatic carbocycles. The van der Waals surface area contributed by atoms with Crippen LogP contribution in [0.15, 0.2) is 29.6 Å². The number of methoxy groups -OCH3 is 1. The molecule has 0 fully saturated rings. The number of esters is 1. The molecular formula is C17H20N2O4S. The van der Waals surface area contributed by atoms with E-state index in [-0.39, 0.29) is 6.61 Å². The average Bonchev–Trinajstić information content (AvgIpc) is 3.03. The molecule has 0 aliphatic rings. The number of carbonyl (C=O) groups is 2. The van der Waals surface area contributed by atoms with Crippen molar-refractivity contribution in [3.05, 3.63) is 35.2 Å². The van der Waals surface area contributed by atoms with Crippen molar-refractivity contribution in [3.8, 4) is 11.3 Å². The fourth-order valence-corrected chi connectivity index (χ4v) is 2.71. The molecule has 2 rings (SSSR count). The lowest BCUT2D eigenvalue weighted by Crippen LogP contribution is -2.31. The van der Waals surface area contributed by atoms with E-state index < -0.39 is 18.0 Å². The van der Waals surface area contributed by atoms with Gasteiger partial charge < -0.3 is 9.47 Å². The second-order valence-electron chi connectivity index (χ2n) is 5.14. The molecule has 7 heteroatoms. The van der Waals surface area contributed by atoms with Gasteiger partial charge in [0.1, 0.15) is 6.61 Å². The van der Waals surface area contributed by atoms with Gasteiger partial charge in [-0.25, -0.2) is 9.78 Å². The van der Waals surface area contributed by atoms with E-state index in [4.69, 9.17) is 4.74 Å². The summed E-state index contributed by atoms with van der Waals surface area (Å²) >= 11 is 1.32. The molecule has 1 atom stereocenters. The van der Waals surface area contributed by atoms with Gasteiger partial charge in [-0.3, -0.25) is 10.1 Å². The number of aryl methyl sites for hydroxylation is 1. The Morgan fingerprint density at radius 2 is 2.00 bits per heavy atom. The molecular weight excluding hydrogens is 328 g/mol. The van der Waals surface area contributed by atoms with Crippen LogP contribution in [0.1, 0.15) is 19.4 Å². The molecule has 6 nitrogen and oxygen atoms in total. The van der Waals surface area contributed by atoms with Gasteiger partial charge in [0.05, 0.1) is 5.69 Å². The van der Waals surface area contributed by atoms with Gasteiger partial charge in [0, 0.05) is 18.1 Å². The summed E-state index contributed by atoms with van der Waals surface area (Å²) in [7, 11) is 1.39. The first-order valence-corrected chi connectivity index (χ1v) is 8.45. The number of thiazole rings is 1. The van der Waals surface area contributed by atoms with Gasteiger partial charge >= 0.3 is 5.97 Å². The molecule has 0 spiro atoms. The van der Waals surface area contributed by atoms with Gasteiger partial charge in [0.2, 0.25) is 0 Å².